The van der Waals surface area contributed by atoms with Gasteiger partial charge in [-0.1, -0.05) is 30.3 Å². The standard InChI is InChI=1S/C25H24F6N2O2/c26-24(27,28)19-12-16(13-20(15-19)25(29,30)31)6-10-34-23-22(17-4-2-1-3-5-17)18(7-11-35-23)14-21-32-8-9-33-21/h1-5,8-9,12-13,15,18,22-23H,6-7,10-11,14H2,(H,32,33)/t18-,22-,23-/m0/s1. The van der Waals surface area contributed by atoms with Crippen molar-refractivity contribution >= 4 is 0 Å². The first-order chi connectivity index (χ1) is 16.6. The van der Waals surface area contributed by atoms with Crippen LogP contribution in [0.3, 0.4) is 0 Å². The molecule has 0 bridgehead atoms. The SMILES string of the molecule is FC(F)(F)c1cc(CCO[C@H]2OCC[C@@H](Cc3ncc[nH]3)[C@@H]2c2ccccc2)cc(C(F)(F)F)c1. The summed E-state index contributed by atoms with van der Waals surface area (Å²) >= 11 is 0. The van der Waals surface area contributed by atoms with E-state index in [-0.39, 0.29) is 36.5 Å². The minimum atomic E-state index is -4.89. The van der Waals surface area contributed by atoms with Gasteiger partial charge in [0.25, 0.3) is 0 Å². The van der Waals surface area contributed by atoms with Gasteiger partial charge < -0.3 is 14.5 Å². The first-order valence-corrected chi connectivity index (χ1v) is 11.2. The zero-order valence-corrected chi connectivity index (χ0v) is 18.6. The number of halogens is 6. The van der Waals surface area contributed by atoms with Crippen molar-refractivity contribution in [3.05, 3.63) is 89.0 Å². The highest BCUT2D eigenvalue weighted by atomic mass is 19.4. The summed E-state index contributed by atoms with van der Waals surface area (Å²) in [5, 5.41) is 0. The number of hydrogen-bond acceptors (Lipinski definition) is 3. The molecule has 188 valence electrons. The van der Waals surface area contributed by atoms with Crippen LogP contribution in [0, 0.1) is 5.92 Å². The number of H-pyrrole nitrogens is 1. The van der Waals surface area contributed by atoms with Crippen LogP contribution in [-0.2, 0) is 34.7 Å². The second-order valence-electron chi connectivity index (χ2n) is 8.50. The smallest absolute Gasteiger partial charge is 0.352 e. The fourth-order valence-electron chi connectivity index (χ4n) is 4.44. The number of nitrogens with one attached hydrogen (secondary N) is 1. The highest BCUT2D eigenvalue weighted by Gasteiger charge is 2.38. The van der Waals surface area contributed by atoms with Gasteiger partial charge in [-0.2, -0.15) is 26.3 Å². The number of aromatic amines is 1. The van der Waals surface area contributed by atoms with Gasteiger partial charge in [0.05, 0.1) is 24.3 Å². The van der Waals surface area contributed by atoms with Crippen molar-refractivity contribution in [3.8, 4) is 0 Å². The predicted molar refractivity (Wildman–Crippen MR) is 115 cm³/mol. The molecular formula is C25H24F6N2O2. The van der Waals surface area contributed by atoms with Crippen molar-refractivity contribution in [2.45, 2.75) is 43.8 Å². The van der Waals surface area contributed by atoms with Crippen molar-refractivity contribution in [2.75, 3.05) is 13.2 Å². The van der Waals surface area contributed by atoms with Crippen LogP contribution in [0.5, 0.6) is 0 Å². The Hall–Kier alpha value is -2.85. The summed E-state index contributed by atoms with van der Waals surface area (Å²) in [6, 6.07) is 11.2. The molecule has 2 aromatic carbocycles. The Balaban J connectivity index is 1.51. The van der Waals surface area contributed by atoms with Crippen molar-refractivity contribution in [2.24, 2.45) is 5.92 Å². The Bertz CT molecular complexity index is 1050. The summed E-state index contributed by atoms with van der Waals surface area (Å²) in [7, 11) is 0. The number of imidazole rings is 1. The lowest BCUT2D eigenvalue weighted by molar-refractivity contribution is -0.187. The predicted octanol–water partition coefficient (Wildman–Crippen LogP) is 6.40. The minimum absolute atomic E-state index is 0.0971. The molecule has 3 atom stereocenters. The van der Waals surface area contributed by atoms with Crippen LogP contribution in [0.15, 0.2) is 60.9 Å². The molecule has 3 aromatic rings. The van der Waals surface area contributed by atoms with E-state index in [9.17, 15) is 26.3 Å². The third-order valence-corrected chi connectivity index (χ3v) is 6.09. The first kappa shape index (κ1) is 25.2. The Labute approximate surface area is 198 Å². The molecule has 35 heavy (non-hydrogen) atoms. The van der Waals surface area contributed by atoms with Crippen LogP contribution in [-0.4, -0.2) is 29.5 Å². The number of aromatic nitrogens is 2. The van der Waals surface area contributed by atoms with Gasteiger partial charge in [-0.05, 0) is 48.1 Å². The van der Waals surface area contributed by atoms with E-state index in [1.165, 1.54) is 0 Å². The summed E-state index contributed by atoms with van der Waals surface area (Å²) in [5.41, 5.74) is -1.80. The molecule has 4 nitrogen and oxygen atoms in total. The maximum atomic E-state index is 13.2. The van der Waals surface area contributed by atoms with Gasteiger partial charge in [0, 0.05) is 24.7 Å². The highest BCUT2D eigenvalue weighted by Crippen LogP contribution is 2.39. The quantitative estimate of drug-likeness (QED) is 0.384. The monoisotopic (exact) mass is 498 g/mol. The van der Waals surface area contributed by atoms with Gasteiger partial charge in [0.1, 0.15) is 5.82 Å². The molecule has 0 radical (unpaired) electrons. The molecule has 10 heteroatoms. The van der Waals surface area contributed by atoms with E-state index in [1.807, 2.05) is 30.3 Å². The maximum Gasteiger partial charge on any atom is 0.416 e. The largest absolute Gasteiger partial charge is 0.416 e. The van der Waals surface area contributed by atoms with E-state index in [1.54, 1.807) is 12.4 Å². The summed E-state index contributed by atoms with van der Waals surface area (Å²) in [6.45, 7) is 0.321. The fourth-order valence-corrected chi connectivity index (χ4v) is 4.44. The van der Waals surface area contributed by atoms with Gasteiger partial charge in [-0.3, -0.25) is 0 Å². The number of hydrogen-bond donors (Lipinski definition) is 1. The Morgan fingerprint density at radius 3 is 2.26 bits per heavy atom. The normalized spacial score (nSPS) is 21.3. The first-order valence-electron chi connectivity index (χ1n) is 11.2. The molecule has 1 N–H and O–H groups in total. The van der Waals surface area contributed by atoms with Crippen molar-refractivity contribution in [1.29, 1.82) is 0 Å². The number of benzene rings is 2. The van der Waals surface area contributed by atoms with Crippen LogP contribution in [0.25, 0.3) is 0 Å². The molecular weight excluding hydrogens is 474 g/mol. The molecule has 0 saturated carbocycles. The lowest BCUT2D eigenvalue weighted by atomic mass is 9.79. The van der Waals surface area contributed by atoms with E-state index in [4.69, 9.17) is 9.47 Å². The van der Waals surface area contributed by atoms with Crippen molar-refractivity contribution in [3.63, 3.8) is 0 Å². The number of ether oxygens (including phenoxy) is 2. The summed E-state index contributed by atoms with van der Waals surface area (Å²) in [6.07, 6.45) is -5.78. The molecule has 1 aliphatic heterocycles. The topological polar surface area (TPSA) is 47.1 Å². The van der Waals surface area contributed by atoms with Crippen LogP contribution in [0.2, 0.25) is 0 Å². The molecule has 1 aromatic heterocycles. The average molecular weight is 498 g/mol. The van der Waals surface area contributed by atoms with Crippen LogP contribution in [0.4, 0.5) is 26.3 Å². The number of rotatable bonds is 7. The summed E-state index contributed by atoms with van der Waals surface area (Å²) in [5.74, 6) is 0.759. The molecule has 0 unspecified atom stereocenters. The highest BCUT2D eigenvalue weighted by molar-refractivity contribution is 5.33. The average Bonchev–Trinajstić information content (AvgIpc) is 3.32. The van der Waals surface area contributed by atoms with Crippen molar-refractivity contribution in [1.82, 2.24) is 9.97 Å². The second-order valence-corrected chi connectivity index (χ2v) is 8.50. The molecule has 0 spiro atoms. The van der Waals surface area contributed by atoms with E-state index < -0.39 is 29.8 Å². The molecule has 1 aliphatic rings. The van der Waals surface area contributed by atoms with E-state index in [0.717, 1.165) is 29.9 Å². The molecule has 1 fully saturated rings. The molecule has 0 amide bonds. The summed E-state index contributed by atoms with van der Waals surface area (Å²) < 4.78 is 90.8. The number of nitrogens with zero attached hydrogens (tertiary/aromatic N) is 1. The third kappa shape index (κ3) is 6.43. The molecule has 4 rings (SSSR count). The van der Waals surface area contributed by atoms with Gasteiger partial charge in [0.2, 0.25) is 0 Å². The van der Waals surface area contributed by atoms with Crippen LogP contribution < -0.4 is 0 Å². The molecule has 1 saturated heterocycles. The Morgan fingerprint density at radius 1 is 0.971 bits per heavy atom. The van der Waals surface area contributed by atoms with E-state index in [0.29, 0.717) is 13.0 Å². The third-order valence-electron chi connectivity index (χ3n) is 6.09. The lowest BCUT2D eigenvalue weighted by Gasteiger charge is -2.38. The maximum absolute atomic E-state index is 13.2. The lowest BCUT2D eigenvalue weighted by Crippen LogP contribution is -2.38. The van der Waals surface area contributed by atoms with E-state index >= 15 is 0 Å². The minimum Gasteiger partial charge on any atom is -0.352 e. The van der Waals surface area contributed by atoms with E-state index in [2.05, 4.69) is 9.97 Å². The Kier molecular flexibility index (Phi) is 7.51. The Morgan fingerprint density at radius 2 is 1.66 bits per heavy atom. The molecule has 2 heterocycles. The zero-order chi connectivity index (χ0) is 25.1. The zero-order valence-electron chi connectivity index (χ0n) is 18.6. The van der Waals surface area contributed by atoms with Gasteiger partial charge in [-0.25, -0.2) is 4.98 Å². The molecule has 0 aliphatic carbocycles. The van der Waals surface area contributed by atoms with Crippen LogP contribution >= 0.6 is 0 Å². The van der Waals surface area contributed by atoms with Gasteiger partial charge in [0.15, 0.2) is 6.29 Å². The van der Waals surface area contributed by atoms with Crippen LogP contribution in [0.1, 0.15) is 40.4 Å². The fraction of sp³-hybridized carbons (Fsp3) is 0.400. The van der Waals surface area contributed by atoms with Crippen molar-refractivity contribution < 1.29 is 35.8 Å². The van der Waals surface area contributed by atoms with Gasteiger partial charge in [-0.15, -0.1) is 0 Å². The summed E-state index contributed by atoms with van der Waals surface area (Å²) in [4.78, 5) is 7.39. The van der Waals surface area contributed by atoms with Gasteiger partial charge >= 0.3 is 12.4 Å². The second kappa shape index (κ2) is 10.4. The number of alkyl halides is 6.